The number of aromatic nitrogens is 1. The minimum atomic E-state index is -1.03. The van der Waals surface area contributed by atoms with Gasteiger partial charge in [-0.25, -0.2) is 9.78 Å². The van der Waals surface area contributed by atoms with Crippen LogP contribution in [0.5, 0.6) is 0 Å². The van der Waals surface area contributed by atoms with E-state index in [9.17, 15) is 4.79 Å². The van der Waals surface area contributed by atoms with Crippen molar-refractivity contribution < 1.29 is 14.6 Å². The second kappa shape index (κ2) is 5.86. The maximum atomic E-state index is 10.9. The van der Waals surface area contributed by atoms with E-state index in [1.54, 1.807) is 0 Å². The van der Waals surface area contributed by atoms with Gasteiger partial charge in [0.15, 0.2) is 15.2 Å². The fraction of sp³-hybridized carbons (Fsp3) is 0.636. The number of carboxylic acid groups (broad SMARTS) is 1. The number of rotatable bonds is 5. The highest BCUT2D eigenvalue weighted by Crippen LogP contribution is 2.30. The zero-order chi connectivity index (χ0) is 13.1. The van der Waals surface area contributed by atoms with E-state index < -0.39 is 5.97 Å². The van der Waals surface area contributed by atoms with Gasteiger partial charge < -0.3 is 14.7 Å². The van der Waals surface area contributed by atoms with Crippen LogP contribution in [0.1, 0.15) is 29.4 Å². The average Bonchev–Trinajstić information content (AvgIpc) is 2.94. The molecule has 1 aromatic heterocycles. The van der Waals surface area contributed by atoms with Gasteiger partial charge in [0.1, 0.15) is 0 Å². The number of likely N-dealkylation sites (N-methyl/N-ethyl adjacent to an activating group) is 1. The van der Waals surface area contributed by atoms with Gasteiger partial charge in [0.25, 0.3) is 0 Å². The van der Waals surface area contributed by atoms with E-state index in [0.717, 1.165) is 43.9 Å². The molecule has 0 aliphatic carbocycles. The molecular weight excluding hydrogens is 276 g/mol. The van der Waals surface area contributed by atoms with Crippen molar-refractivity contribution in [2.45, 2.75) is 25.9 Å². The second-order valence-electron chi connectivity index (χ2n) is 4.10. The fourth-order valence-corrected chi connectivity index (χ4v) is 3.13. The van der Waals surface area contributed by atoms with E-state index in [4.69, 9.17) is 21.4 Å². The van der Waals surface area contributed by atoms with Gasteiger partial charge in [-0.1, -0.05) is 22.9 Å². The van der Waals surface area contributed by atoms with Crippen LogP contribution in [-0.2, 0) is 4.74 Å². The van der Waals surface area contributed by atoms with Crippen molar-refractivity contribution in [3.05, 3.63) is 10.0 Å². The topological polar surface area (TPSA) is 62.7 Å². The van der Waals surface area contributed by atoms with Crippen LogP contribution in [0, 0.1) is 0 Å². The summed E-state index contributed by atoms with van der Waals surface area (Å²) in [5.74, 6) is -1.03. The minimum absolute atomic E-state index is 0.0632. The van der Waals surface area contributed by atoms with E-state index in [1.807, 2.05) is 11.8 Å². The SMILES string of the molecule is CCN(CC1CCCO1)c1nc(Cl)c(C(=O)O)s1. The Labute approximate surface area is 114 Å². The Balaban J connectivity index is 2.11. The molecule has 1 atom stereocenters. The Morgan fingerprint density at radius 1 is 1.72 bits per heavy atom. The Hall–Kier alpha value is -0.850. The van der Waals surface area contributed by atoms with E-state index in [1.165, 1.54) is 0 Å². The number of nitrogens with zero attached hydrogens (tertiary/aromatic N) is 2. The number of hydrogen-bond donors (Lipinski definition) is 1. The molecule has 1 saturated heterocycles. The molecule has 1 aliphatic heterocycles. The van der Waals surface area contributed by atoms with E-state index >= 15 is 0 Å². The summed E-state index contributed by atoms with van der Waals surface area (Å²) in [7, 11) is 0. The molecule has 1 aromatic rings. The molecule has 18 heavy (non-hydrogen) atoms. The van der Waals surface area contributed by atoms with E-state index in [2.05, 4.69) is 4.98 Å². The molecule has 0 amide bonds. The van der Waals surface area contributed by atoms with E-state index in [-0.39, 0.29) is 16.1 Å². The molecule has 5 nitrogen and oxygen atoms in total. The third-order valence-electron chi connectivity index (χ3n) is 2.87. The highest BCUT2D eigenvalue weighted by atomic mass is 35.5. The molecule has 0 aromatic carbocycles. The van der Waals surface area contributed by atoms with Crippen LogP contribution in [0.3, 0.4) is 0 Å². The summed E-state index contributed by atoms with van der Waals surface area (Å²) < 4.78 is 5.58. The van der Waals surface area contributed by atoms with Crippen LogP contribution >= 0.6 is 22.9 Å². The summed E-state index contributed by atoms with van der Waals surface area (Å²) in [6.45, 7) is 4.30. The lowest BCUT2D eigenvalue weighted by atomic mass is 10.2. The van der Waals surface area contributed by atoms with Gasteiger partial charge >= 0.3 is 5.97 Å². The summed E-state index contributed by atoms with van der Waals surface area (Å²) >= 11 is 6.93. The number of anilines is 1. The van der Waals surface area contributed by atoms with Crippen molar-refractivity contribution >= 4 is 34.0 Å². The zero-order valence-corrected chi connectivity index (χ0v) is 11.6. The fourth-order valence-electron chi connectivity index (χ4n) is 1.93. The van der Waals surface area contributed by atoms with Crippen molar-refractivity contribution in [2.24, 2.45) is 0 Å². The van der Waals surface area contributed by atoms with Crippen molar-refractivity contribution in [3.63, 3.8) is 0 Å². The van der Waals surface area contributed by atoms with Crippen molar-refractivity contribution in [2.75, 3.05) is 24.6 Å². The maximum absolute atomic E-state index is 10.9. The second-order valence-corrected chi connectivity index (χ2v) is 5.43. The number of halogens is 1. The van der Waals surface area contributed by atoms with Gasteiger partial charge in [-0.15, -0.1) is 0 Å². The highest BCUT2D eigenvalue weighted by molar-refractivity contribution is 7.18. The van der Waals surface area contributed by atoms with Gasteiger partial charge in [0.05, 0.1) is 6.10 Å². The number of carbonyl (C=O) groups is 1. The predicted octanol–water partition coefficient (Wildman–Crippen LogP) is 2.50. The maximum Gasteiger partial charge on any atom is 0.349 e. The number of aromatic carboxylic acids is 1. The number of carboxylic acids is 1. The minimum Gasteiger partial charge on any atom is -0.477 e. The summed E-state index contributed by atoms with van der Waals surface area (Å²) in [6, 6.07) is 0. The normalized spacial score (nSPS) is 19.1. The lowest BCUT2D eigenvalue weighted by Gasteiger charge is -2.22. The van der Waals surface area contributed by atoms with Crippen LogP contribution in [0.4, 0.5) is 5.13 Å². The van der Waals surface area contributed by atoms with Crippen molar-refractivity contribution in [3.8, 4) is 0 Å². The third-order valence-corrected chi connectivity index (χ3v) is 4.36. The van der Waals surface area contributed by atoms with Crippen molar-refractivity contribution in [1.82, 2.24) is 4.98 Å². The third kappa shape index (κ3) is 2.93. The summed E-state index contributed by atoms with van der Waals surface area (Å²) in [5, 5.41) is 9.67. The highest BCUT2D eigenvalue weighted by Gasteiger charge is 2.23. The van der Waals surface area contributed by atoms with Gasteiger partial charge in [-0.3, -0.25) is 0 Å². The standard InChI is InChI=1S/C11H15ClN2O3S/c1-2-14(6-7-4-3-5-17-7)11-13-9(12)8(18-11)10(15)16/h7H,2-6H2,1H3,(H,15,16). The Morgan fingerprint density at radius 2 is 2.50 bits per heavy atom. The first-order valence-corrected chi connectivity index (χ1v) is 7.07. The number of hydrogen-bond acceptors (Lipinski definition) is 5. The molecule has 0 saturated carbocycles. The van der Waals surface area contributed by atoms with Crippen LogP contribution in [0.25, 0.3) is 0 Å². The monoisotopic (exact) mass is 290 g/mol. The van der Waals surface area contributed by atoms with Gasteiger partial charge in [0, 0.05) is 19.7 Å². The van der Waals surface area contributed by atoms with Gasteiger partial charge in [0.2, 0.25) is 0 Å². The Morgan fingerprint density at radius 3 is 3.00 bits per heavy atom. The van der Waals surface area contributed by atoms with Crippen molar-refractivity contribution in [1.29, 1.82) is 0 Å². The van der Waals surface area contributed by atoms with Crippen LogP contribution in [-0.4, -0.2) is 41.9 Å². The Bertz CT molecular complexity index is 432. The molecule has 1 fully saturated rings. The average molecular weight is 291 g/mol. The van der Waals surface area contributed by atoms with Gasteiger partial charge in [-0.2, -0.15) is 0 Å². The number of thiazole rings is 1. The molecule has 7 heteroatoms. The first-order valence-electron chi connectivity index (χ1n) is 5.88. The van der Waals surface area contributed by atoms with E-state index in [0.29, 0.717) is 5.13 Å². The predicted molar refractivity (Wildman–Crippen MR) is 70.9 cm³/mol. The summed E-state index contributed by atoms with van der Waals surface area (Å²) in [5.41, 5.74) is 0. The summed E-state index contributed by atoms with van der Waals surface area (Å²) in [6.07, 6.45) is 2.34. The first-order chi connectivity index (χ1) is 8.61. The van der Waals surface area contributed by atoms with Crippen LogP contribution in [0.2, 0.25) is 5.15 Å². The number of ether oxygens (including phenoxy) is 1. The lowest BCUT2D eigenvalue weighted by Crippen LogP contribution is -2.31. The quantitative estimate of drug-likeness (QED) is 0.903. The van der Waals surface area contributed by atoms with Crippen LogP contribution < -0.4 is 4.90 Å². The van der Waals surface area contributed by atoms with Crippen LogP contribution in [0.15, 0.2) is 0 Å². The summed E-state index contributed by atoms with van der Waals surface area (Å²) in [4.78, 5) is 17.2. The smallest absolute Gasteiger partial charge is 0.349 e. The molecule has 0 spiro atoms. The molecular formula is C11H15ClN2O3S. The molecule has 2 rings (SSSR count). The molecule has 2 heterocycles. The zero-order valence-electron chi connectivity index (χ0n) is 10.1. The molecule has 1 aliphatic rings. The lowest BCUT2D eigenvalue weighted by molar-refractivity contribution is 0.0702. The first kappa shape index (κ1) is 13.6. The largest absolute Gasteiger partial charge is 0.477 e. The molecule has 1 N–H and O–H groups in total. The van der Waals surface area contributed by atoms with Gasteiger partial charge in [-0.05, 0) is 19.8 Å². The molecule has 100 valence electrons. The molecule has 1 unspecified atom stereocenters. The molecule has 0 bridgehead atoms. The Kier molecular flexibility index (Phi) is 4.42. The molecule has 0 radical (unpaired) electrons.